The van der Waals surface area contributed by atoms with Crippen LogP contribution in [-0.4, -0.2) is 23.1 Å². The molecule has 1 heterocycles. The molecule has 1 amide bonds. The number of benzene rings is 1. The Morgan fingerprint density at radius 1 is 1.09 bits per heavy atom. The lowest BCUT2D eigenvalue weighted by molar-refractivity contribution is -0.131. The zero-order chi connectivity index (χ0) is 15.9. The highest BCUT2D eigenvalue weighted by Crippen LogP contribution is 2.23. The highest BCUT2D eigenvalue weighted by atomic mass is 35.5. The Kier molecular flexibility index (Phi) is 6.16. The van der Waals surface area contributed by atoms with E-state index in [0.717, 1.165) is 9.21 Å². The summed E-state index contributed by atoms with van der Waals surface area (Å²) in [5.74, 6) is 0.000440. The van der Waals surface area contributed by atoms with Crippen LogP contribution in [0, 0.1) is 0 Å². The molecule has 0 aliphatic rings. The first-order valence-corrected chi connectivity index (χ1v) is 8.40. The van der Waals surface area contributed by atoms with Gasteiger partial charge in [0.2, 0.25) is 5.91 Å². The molecule has 1 aromatic carbocycles. The number of carbonyl (C=O) groups is 2. The monoisotopic (exact) mass is 335 g/mol. The number of hydrogen-bond donors (Lipinski definition) is 0. The van der Waals surface area contributed by atoms with E-state index in [4.69, 9.17) is 11.6 Å². The van der Waals surface area contributed by atoms with Gasteiger partial charge in [-0.3, -0.25) is 9.59 Å². The molecule has 0 spiro atoms. The second kappa shape index (κ2) is 8.11. The maximum atomic E-state index is 12.3. The molecule has 0 N–H and O–H groups in total. The molecule has 0 saturated heterocycles. The molecule has 0 bridgehead atoms. The molecule has 2 rings (SSSR count). The van der Waals surface area contributed by atoms with Crippen LogP contribution in [0.2, 0.25) is 4.34 Å². The third-order valence-corrected chi connectivity index (χ3v) is 4.59. The van der Waals surface area contributed by atoms with E-state index in [0.29, 0.717) is 18.7 Å². The van der Waals surface area contributed by atoms with Crippen molar-refractivity contribution in [2.45, 2.75) is 26.3 Å². The van der Waals surface area contributed by atoms with E-state index in [9.17, 15) is 9.59 Å². The Morgan fingerprint density at radius 3 is 2.41 bits per heavy atom. The number of thiophene rings is 1. The predicted molar refractivity (Wildman–Crippen MR) is 90.4 cm³/mol. The van der Waals surface area contributed by atoms with Crippen molar-refractivity contribution in [3.8, 4) is 0 Å². The van der Waals surface area contributed by atoms with Gasteiger partial charge in [0.05, 0.1) is 10.9 Å². The molecule has 0 atom stereocenters. The van der Waals surface area contributed by atoms with Crippen LogP contribution in [-0.2, 0) is 11.3 Å². The van der Waals surface area contributed by atoms with Crippen molar-refractivity contribution >= 4 is 34.6 Å². The maximum absolute atomic E-state index is 12.3. The summed E-state index contributed by atoms with van der Waals surface area (Å²) in [5, 5.41) is 0. The van der Waals surface area contributed by atoms with Crippen LogP contribution in [0.25, 0.3) is 0 Å². The van der Waals surface area contributed by atoms with Gasteiger partial charge in [-0.15, -0.1) is 11.3 Å². The summed E-state index contributed by atoms with van der Waals surface area (Å²) in [7, 11) is 0. The highest BCUT2D eigenvalue weighted by molar-refractivity contribution is 7.16. The lowest BCUT2D eigenvalue weighted by Gasteiger charge is -2.20. The van der Waals surface area contributed by atoms with Gasteiger partial charge in [-0.05, 0) is 19.1 Å². The van der Waals surface area contributed by atoms with Gasteiger partial charge in [0.1, 0.15) is 0 Å². The van der Waals surface area contributed by atoms with Gasteiger partial charge in [0.15, 0.2) is 5.78 Å². The summed E-state index contributed by atoms with van der Waals surface area (Å²) in [5.41, 5.74) is 0.656. The Bertz CT molecular complexity index is 639. The SMILES string of the molecule is CCN(Cc1ccc(Cl)s1)C(=O)CCC(=O)c1ccccc1. The molecule has 116 valence electrons. The van der Waals surface area contributed by atoms with Crippen LogP contribution in [0.5, 0.6) is 0 Å². The molecule has 0 aliphatic carbocycles. The van der Waals surface area contributed by atoms with E-state index in [1.165, 1.54) is 11.3 Å². The van der Waals surface area contributed by atoms with Crippen LogP contribution in [0.4, 0.5) is 0 Å². The van der Waals surface area contributed by atoms with Gasteiger partial charge >= 0.3 is 0 Å². The first kappa shape index (κ1) is 16.7. The number of carbonyl (C=O) groups excluding carboxylic acids is 2. The van der Waals surface area contributed by atoms with Crippen LogP contribution in [0.3, 0.4) is 0 Å². The first-order chi connectivity index (χ1) is 10.6. The molecule has 0 aliphatic heterocycles. The van der Waals surface area contributed by atoms with Gasteiger partial charge < -0.3 is 4.90 Å². The Hall–Kier alpha value is -1.65. The first-order valence-electron chi connectivity index (χ1n) is 7.20. The molecular formula is C17H18ClNO2S. The van der Waals surface area contributed by atoms with Crippen molar-refractivity contribution in [2.75, 3.05) is 6.54 Å². The molecule has 0 radical (unpaired) electrons. The molecule has 0 fully saturated rings. The van der Waals surface area contributed by atoms with Gasteiger partial charge in [-0.1, -0.05) is 41.9 Å². The highest BCUT2D eigenvalue weighted by Gasteiger charge is 2.15. The normalized spacial score (nSPS) is 10.5. The van der Waals surface area contributed by atoms with Crippen molar-refractivity contribution < 1.29 is 9.59 Å². The fraction of sp³-hybridized carbons (Fsp3) is 0.294. The van der Waals surface area contributed by atoms with Gasteiger partial charge in [-0.25, -0.2) is 0 Å². The Balaban J connectivity index is 1.88. The lowest BCUT2D eigenvalue weighted by Crippen LogP contribution is -2.30. The summed E-state index contributed by atoms with van der Waals surface area (Å²) in [6, 6.07) is 12.8. The zero-order valence-corrected chi connectivity index (χ0v) is 14.0. The number of halogens is 1. The molecule has 2 aromatic rings. The van der Waals surface area contributed by atoms with Crippen LogP contribution in [0.15, 0.2) is 42.5 Å². The van der Waals surface area contributed by atoms with E-state index in [1.807, 2.05) is 37.3 Å². The molecule has 0 saturated carbocycles. The van der Waals surface area contributed by atoms with Crippen molar-refractivity contribution in [1.82, 2.24) is 4.90 Å². The summed E-state index contributed by atoms with van der Waals surface area (Å²) in [6.07, 6.45) is 0.477. The third-order valence-electron chi connectivity index (χ3n) is 3.37. The minimum absolute atomic E-state index is 0.00342. The molecule has 5 heteroatoms. The summed E-state index contributed by atoms with van der Waals surface area (Å²) in [4.78, 5) is 27.1. The van der Waals surface area contributed by atoms with Crippen molar-refractivity contribution in [3.05, 3.63) is 57.2 Å². The van der Waals surface area contributed by atoms with E-state index in [2.05, 4.69) is 0 Å². The Morgan fingerprint density at radius 2 is 1.82 bits per heavy atom. The molecule has 0 unspecified atom stereocenters. The van der Waals surface area contributed by atoms with Crippen LogP contribution in [0.1, 0.15) is 35.0 Å². The summed E-state index contributed by atoms with van der Waals surface area (Å²) >= 11 is 7.38. The average Bonchev–Trinajstić information content (AvgIpc) is 2.96. The summed E-state index contributed by atoms with van der Waals surface area (Å²) in [6.45, 7) is 3.10. The minimum Gasteiger partial charge on any atom is -0.338 e. The number of amides is 1. The van der Waals surface area contributed by atoms with Crippen LogP contribution >= 0.6 is 22.9 Å². The predicted octanol–water partition coefficient (Wildman–Crippen LogP) is 4.41. The maximum Gasteiger partial charge on any atom is 0.223 e. The minimum atomic E-state index is -0.00342. The molecule has 1 aromatic heterocycles. The van der Waals surface area contributed by atoms with E-state index in [-0.39, 0.29) is 24.5 Å². The molecule has 3 nitrogen and oxygen atoms in total. The second-order valence-corrected chi connectivity index (χ2v) is 6.70. The second-order valence-electron chi connectivity index (χ2n) is 4.90. The zero-order valence-electron chi connectivity index (χ0n) is 12.4. The molecule has 22 heavy (non-hydrogen) atoms. The Labute approximate surface area is 139 Å². The van der Waals surface area contributed by atoms with E-state index < -0.39 is 0 Å². The van der Waals surface area contributed by atoms with E-state index in [1.54, 1.807) is 17.0 Å². The average molecular weight is 336 g/mol. The fourth-order valence-corrected chi connectivity index (χ4v) is 3.25. The van der Waals surface area contributed by atoms with Crippen molar-refractivity contribution in [2.24, 2.45) is 0 Å². The van der Waals surface area contributed by atoms with Crippen molar-refractivity contribution in [3.63, 3.8) is 0 Å². The van der Waals surface area contributed by atoms with Gasteiger partial charge in [0, 0.05) is 29.8 Å². The number of rotatable bonds is 7. The van der Waals surface area contributed by atoms with E-state index >= 15 is 0 Å². The van der Waals surface area contributed by atoms with Gasteiger partial charge in [-0.2, -0.15) is 0 Å². The quantitative estimate of drug-likeness (QED) is 0.703. The van der Waals surface area contributed by atoms with Crippen LogP contribution < -0.4 is 0 Å². The number of Topliss-reactive ketones (excluding diaryl/α,β-unsaturated/α-hetero) is 1. The smallest absolute Gasteiger partial charge is 0.223 e. The summed E-state index contributed by atoms with van der Waals surface area (Å²) < 4.78 is 0.720. The number of nitrogens with zero attached hydrogens (tertiary/aromatic N) is 1. The number of ketones is 1. The number of hydrogen-bond acceptors (Lipinski definition) is 3. The largest absolute Gasteiger partial charge is 0.338 e. The molecular weight excluding hydrogens is 318 g/mol. The standard InChI is InChI=1S/C17H18ClNO2S/c1-2-19(12-14-8-10-16(18)22-14)17(21)11-9-15(20)13-6-4-3-5-7-13/h3-8,10H,2,9,11-12H2,1H3. The topological polar surface area (TPSA) is 37.4 Å². The lowest BCUT2D eigenvalue weighted by atomic mass is 10.1. The van der Waals surface area contributed by atoms with Crippen molar-refractivity contribution in [1.29, 1.82) is 0 Å². The third kappa shape index (κ3) is 4.68. The van der Waals surface area contributed by atoms with Gasteiger partial charge in [0.25, 0.3) is 0 Å². The fourth-order valence-electron chi connectivity index (χ4n) is 2.15.